The SMILES string of the molecule is Cc1cc(NC(=O)NCCN2CCCC(C(=O)N3CCC(CCc4ccccc4)CC3)C2)c2ccccc2n1. The monoisotopic (exact) mass is 527 g/mol. The van der Waals surface area contributed by atoms with Crippen molar-refractivity contribution in [3.8, 4) is 0 Å². The van der Waals surface area contributed by atoms with Gasteiger partial charge in [-0.2, -0.15) is 0 Å². The minimum absolute atomic E-state index is 0.0691. The van der Waals surface area contributed by atoms with E-state index < -0.39 is 0 Å². The smallest absolute Gasteiger partial charge is 0.319 e. The van der Waals surface area contributed by atoms with Crippen LogP contribution in [0.25, 0.3) is 10.9 Å². The van der Waals surface area contributed by atoms with Crippen LogP contribution in [0.1, 0.15) is 43.4 Å². The van der Waals surface area contributed by atoms with E-state index in [0.29, 0.717) is 18.4 Å². The van der Waals surface area contributed by atoms with Gasteiger partial charge in [0.25, 0.3) is 0 Å². The summed E-state index contributed by atoms with van der Waals surface area (Å²) in [7, 11) is 0. The number of anilines is 1. The first-order chi connectivity index (χ1) is 19.0. The third-order valence-corrected chi connectivity index (χ3v) is 8.27. The average Bonchev–Trinajstić information content (AvgIpc) is 2.96. The van der Waals surface area contributed by atoms with E-state index >= 15 is 0 Å². The summed E-state index contributed by atoms with van der Waals surface area (Å²) in [4.78, 5) is 34.9. The second-order valence-electron chi connectivity index (χ2n) is 11.1. The predicted octanol–water partition coefficient (Wildman–Crippen LogP) is 5.25. The lowest BCUT2D eigenvalue weighted by Gasteiger charge is -2.38. The number of para-hydroxylation sites is 1. The quantitative estimate of drug-likeness (QED) is 0.420. The van der Waals surface area contributed by atoms with Crippen molar-refractivity contribution in [2.75, 3.05) is 44.6 Å². The summed E-state index contributed by atoms with van der Waals surface area (Å²) in [5.41, 5.74) is 3.91. The van der Waals surface area contributed by atoms with Crippen molar-refractivity contribution in [1.82, 2.24) is 20.1 Å². The Bertz CT molecular complexity index is 1260. The number of amides is 3. The molecule has 2 aromatic carbocycles. The molecule has 0 saturated carbocycles. The maximum Gasteiger partial charge on any atom is 0.319 e. The van der Waals surface area contributed by atoms with E-state index in [1.807, 2.05) is 37.3 Å². The molecular weight excluding hydrogens is 486 g/mol. The molecule has 2 fully saturated rings. The molecule has 206 valence electrons. The molecule has 0 spiro atoms. The van der Waals surface area contributed by atoms with Crippen LogP contribution in [0.15, 0.2) is 60.7 Å². The molecule has 1 atom stereocenters. The van der Waals surface area contributed by atoms with Crippen molar-refractivity contribution in [3.05, 3.63) is 71.9 Å². The van der Waals surface area contributed by atoms with Crippen LogP contribution in [0.2, 0.25) is 0 Å². The van der Waals surface area contributed by atoms with Gasteiger partial charge in [0, 0.05) is 43.8 Å². The zero-order chi connectivity index (χ0) is 27.0. The highest BCUT2D eigenvalue weighted by molar-refractivity contribution is 6.00. The Kier molecular flexibility index (Phi) is 9.09. The Labute approximate surface area is 232 Å². The van der Waals surface area contributed by atoms with Gasteiger partial charge in [-0.25, -0.2) is 4.79 Å². The number of piperidine rings is 2. The van der Waals surface area contributed by atoms with Crippen LogP contribution in [0.4, 0.5) is 10.5 Å². The number of hydrogen-bond donors (Lipinski definition) is 2. The van der Waals surface area contributed by atoms with E-state index in [1.54, 1.807) is 0 Å². The largest absolute Gasteiger partial charge is 0.342 e. The number of rotatable bonds is 8. The standard InChI is InChI=1S/C32H41N5O2/c1-24-22-30(28-11-5-6-12-29(28)34-24)35-32(39)33-17-21-36-18-7-10-27(23-36)31(38)37-19-15-26(16-20-37)14-13-25-8-3-2-4-9-25/h2-6,8-9,11-12,22,26-27H,7,10,13-21,23H2,1H3,(H2,33,34,35,39). The summed E-state index contributed by atoms with van der Waals surface area (Å²) in [5.74, 6) is 1.11. The van der Waals surface area contributed by atoms with E-state index in [0.717, 1.165) is 87.1 Å². The van der Waals surface area contributed by atoms with Gasteiger partial charge < -0.3 is 20.4 Å². The molecule has 3 amide bonds. The lowest BCUT2D eigenvalue weighted by molar-refractivity contribution is -0.138. The Morgan fingerprint density at radius 1 is 0.974 bits per heavy atom. The van der Waals surface area contributed by atoms with E-state index in [9.17, 15) is 9.59 Å². The van der Waals surface area contributed by atoms with E-state index in [-0.39, 0.29) is 11.9 Å². The van der Waals surface area contributed by atoms with Gasteiger partial charge in [-0.15, -0.1) is 0 Å². The average molecular weight is 528 g/mol. The minimum Gasteiger partial charge on any atom is -0.342 e. The first-order valence-electron chi connectivity index (χ1n) is 14.5. The number of carbonyl (C=O) groups excluding carboxylic acids is 2. The Hall–Kier alpha value is -3.45. The molecule has 0 radical (unpaired) electrons. The molecule has 2 saturated heterocycles. The zero-order valence-corrected chi connectivity index (χ0v) is 23.1. The Balaban J connectivity index is 1.03. The fourth-order valence-electron chi connectivity index (χ4n) is 6.08. The molecule has 2 N–H and O–H groups in total. The van der Waals surface area contributed by atoms with Crippen LogP contribution in [-0.4, -0.2) is 66.0 Å². The number of fused-ring (bicyclic) bond motifs is 1. The van der Waals surface area contributed by atoms with Gasteiger partial charge in [0.2, 0.25) is 5.91 Å². The Morgan fingerprint density at radius 3 is 2.56 bits per heavy atom. The number of carbonyl (C=O) groups is 2. The second kappa shape index (κ2) is 13.1. The van der Waals surface area contributed by atoms with Crippen molar-refractivity contribution in [1.29, 1.82) is 0 Å². The van der Waals surface area contributed by atoms with Gasteiger partial charge in [-0.1, -0.05) is 48.5 Å². The molecule has 2 aliphatic rings. The number of aromatic nitrogens is 1. The second-order valence-corrected chi connectivity index (χ2v) is 11.1. The fraction of sp³-hybridized carbons (Fsp3) is 0.469. The molecular formula is C32H41N5O2. The van der Waals surface area contributed by atoms with Crippen molar-refractivity contribution in [3.63, 3.8) is 0 Å². The molecule has 0 aliphatic carbocycles. The summed E-state index contributed by atoms with van der Waals surface area (Å²) in [6.45, 7) is 6.75. The van der Waals surface area contributed by atoms with Crippen molar-refractivity contribution in [2.45, 2.75) is 45.4 Å². The van der Waals surface area contributed by atoms with Crippen LogP contribution in [0.3, 0.4) is 0 Å². The van der Waals surface area contributed by atoms with Crippen LogP contribution in [-0.2, 0) is 11.2 Å². The molecule has 7 heteroatoms. The van der Waals surface area contributed by atoms with E-state index in [1.165, 1.54) is 12.0 Å². The van der Waals surface area contributed by atoms with Gasteiger partial charge in [-0.05, 0) is 75.6 Å². The Morgan fingerprint density at radius 2 is 1.74 bits per heavy atom. The molecule has 0 bridgehead atoms. The van der Waals surface area contributed by atoms with Gasteiger partial charge in [0.1, 0.15) is 0 Å². The lowest BCUT2D eigenvalue weighted by atomic mass is 9.89. The van der Waals surface area contributed by atoms with Crippen molar-refractivity contribution >= 4 is 28.5 Å². The molecule has 1 aromatic heterocycles. The normalized spacial score (nSPS) is 18.7. The molecule has 1 unspecified atom stereocenters. The molecule has 2 aliphatic heterocycles. The number of benzene rings is 2. The number of hydrogen-bond acceptors (Lipinski definition) is 4. The minimum atomic E-state index is -0.217. The molecule has 3 aromatic rings. The van der Waals surface area contributed by atoms with Crippen LogP contribution in [0, 0.1) is 18.8 Å². The topological polar surface area (TPSA) is 77.6 Å². The first kappa shape index (κ1) is 27.1. The number of nitrogens with one attached hydrogen (secondary N) is 2. The molecule has 5 rings (SSSR count). The maximum atomic E-state index is 13.3. The first-order valence-corrected chi connectivity index (χ1v) is 14.5. The number of nitrogens with zero attached hydrogens (tertiary/aromatic N) is 3. The lowest BCUT2D eigenvalue weighted by Crippen LogP contribution is -2.48. The van der Waals surface area contributed by atoms with Gasteiger partial charge in [-0.3, -0.25) is 9.78 Å². The van der Waals surface area contributed by atoms with E-state index in [2.05, 4.69) is 55.7 Å². The maximum absolute atomic E-state index is 13.3. The summed E-state index contributed by atoms with van der Waals surface area (Å²) >= 11 is 0. The fourth-order valence-corrected chi connectivity index (χ4v) is 6.08. The van der Waals surface area contributed by atoms with Gasteiger partial charge in [0.05, 0.1) is 17.1 Å². The summed E-state index contributed by atoms with van der Waals surface area (Å²) in [6.07, 6.45) is 6.55. The molecule has 7 nitrogen and oxygen atoms in total. The highest BCUT2D eigenvalue weighted by atomic mass is 16.2. The van der Waals surface area contributed by atoms with Gasteiger partial charge in [0.15, 0.2) is 0 Å². The van der Waals surface area contributed by atoms with Crippen molar-refractivity contribution < 1.29 is 9.59 Å². The highest BCUT2D eigenvalue weighted by Crippen LogP contribution is 2.26. The summed E-state index contributed by atoms with van der Waals surface area (Å²) in [6, 6.07) is 20.2. The number of urea groups is 1. The number of likely N-dealkylation sites (tertiary alicyclic amines) is 2. The van der Waals surface area contributed by atoms with Crippen LogP contribution < -0.4 is 10.6 Å². The predicted molar refractivity (Wildman–Crippen MR) is 157 cm³/mol. The summed E-state index contributed by atoms with van der Waals surface area (Å²) < 4.78 is 0. The summed E-state index contributed by atoms with van der Waals surface area (Å²) in [5, 5.41) is 6.90. The van der Waals surface area contributed by atoms with Crippen LogP contribution in [0.5, 0.6) is 0 Å². The molecule has 3 heterocycles. The van der Waals surface area contributed by atoms with E-state index in [4.69, 9.17) is 0 Å². The van der Waals surface area contributed by atoms with Crippen molar-refractivity contribution in [2.24, 2.45) is 11.8 Å². The third kappa shape index (κ3) is 7.35. The van der Waals surface area contributed by atoms with Gasteiger partial charge >= 0.3 is 6.03 Å². The third-order valence-electron chi connectivity index (χ3n) is 8.27. The molecule has 39 heavy (non-hydrogen) atoms. The number of pyridine rings is 1. The van der Waals surface area contributed by atoms with Crippen LogP contribution >= 0.6 is 0 Å². The zero-order valence-electron chi connectivity index (χ0n) is 23.1. The number of aryl methyl sites for hydroxylation is 2. The highest BCUT2D eigenvalue weighted by Gasteiger charge is 2.31.